The molecule has 1 rings (SSSR count). The lowest BCUT2D eigenvalue weighted by atomic mass is 10.2. The number of benzene rings is 1. The molecule has 1 aromatic carbocycles. The minimum atomic E-state index is -0.00193. The zero-order valence-corrected chi connectivity index (χ0v) is 8.39. The Kier molecular flexibility index (Phi) is 3.29. The van der Waals surface area contributed by atoms with Crippen molar-refractivity contribution in [1.29, 1.82) is 0 Å². The van der Waals surface area contributed by atoms with Crippen molar-refractivity contribution in [3.8, 4) is 0 Å². The van der Waals surface area contributed by atoms with Gasteiger partial charge in [0.15, 0.2) is 0 Å². The third-order valence-electron chi connectivity index (χ3n) is 1.45. The zero-order valence-electron chi connectivity index (χ0n) is 6.80. The quantitative estimate of drug-likeness (QED) is 0.824. The number of amides is 1. The van der Waals surface area contributed by atoms with Crippen molar-refractivity contribution in [3.63, 3.8) is 0 Å². The maximum Gasteiger partial charge on any atom is 0.217 e. The van der Waals surface area contributed by atoms with Gasteiger partial charge < -0.3 is 5.32 Å². The van der Waals surface area contributed by atoms with Gasteiger partial charge in [-0.25, -0.2) is 0 Å². The van der Waals surface area contributed by atoms with Gasteiger partial charge in [0, 0.05) is 17.9 Å². The van der Waals surface area contributed by atoms with Gasteiger partial charge in [-0.2, -0.15) is 0 Å². The van der Waals surface area contributed by atoms with E-state index in [1.165, 1.54) is 6.92 Å². The first-order chi connectivity index (χ1) is 5.68. The summed E-state index contributed by atoms with van der Waals surface area (Å²) in [5.41, 5.74) is 1.11. The zero-order chi connectivity index (χ0) is 8.97. The number of hydrogen-bond donors (Lipinski definition) is 1. The third-order valence-corrected chi connectivity index (χ3v) is 1.98. The van der Waals surface area contributed by atoms with Crippen molar-refractivity contribution in [1.82, 2.24) is 5.32 Å². The summed E-state index contributed by atoms with van der Waals surface area (Å²) in [6, 6.07) is 7.86. The second-order valence-electron chi connectivity index (χ2n) is 2.54. The normalized spacial score (nSPS) is 9.50. The van der Waals surface area contributed by atoms with Crippen LogP contribution < -0.4 is 5.32 Å². The van der Waals surface area contributed by atoms with E-state index in [2.05, 4.69) is 21.2 Å². The molecule has 0 saturated carbocycles. The summed E-state index contributed by atoms with van der Waals surface area (Å²) in [6.45, 7) is 2.11. The molecule has 1 aromatic rings. The van der Waals surface area contributed by atoms with E-state index in [0.717, 1.165) is 10.0 Å². The van der Waals surface area contributed by atoms with Gasteiger partial charge in [0.25, 0.3) is 0 Å². The maximum absolute atomic E-state index is 10.6. The second-order valence-corrected chi connectivity index (χ2v) is 3.45. The lowest BCUT2D eigenvalue weighted by Gasteiger charge is -2.01. The van der Waals surface area contributed by atoms with Crippen LogP contribution in [0.3, 0.4) is 0 Å². The monoisotopic (exact) mass is 227 g/mol. The van der Waals surface area contributed by atoms with Crippen molar-refractivity contribution in [2.75, 3.05) is 0 Å². The van der Waals surface area contributed by atoms with E-state index in [4.69, 9.17) is 0 Å². The van der Waals surface area contributed by atoms with Crippen molar-refractivity contribution < 1.29 is 4.79 Å². The van der Waals surface area contributed by atoms with Crippen LogP contribution in [0.5, 0.6) is 0 Å². The van der Waals surface area contributed by atoms with Gasteiger partial charge in [-0.15, -0.1) is 0 Å². The predicted octanol–water partition coefficient (Wildman–Crippen LogP) is 2.09. The van der Waals surface area contributed by atoms with Crippen molar-refractivity contribution >= 4 is 21.8 Å². The SMILES string of the molecule is CC(=O)NCc1ccc(Br)cc1. The predicted molar refractivity (Wildman–Crippen MR) is 51.7 cm³/mol. The van der Waals surface area contributed by atoms with E-state index < -0.39 is 0 Å². The standard InChI is InChI=1S/C9H10BrNO/c1-7(12)11-6-8-2-4-9(10)5-3-8/h2-5H,6H2,1H3,(H,11,12). The van der Waals surface area contributed by atoms with Gasteiger partial charge in [-0.3, -0.25) is 4.79 Å². The molecule has 0 atom stereocenters. The Morgan fingerprint density at radius 3 is 2.50 bits per heavy atom. The Morgan fingerprint density at radius 1 is 1.42 bits per heavy atom. The van der Waals surface area contributed by atoms with Crippen LogP contribution in [0.4, 0.5) is 0 Å². The summed E-state index contributed by atoms with van der Waals surface area (Å²) in [7, 11) is 0. The fraction of sp³-hybridized carbons (Fsp3) is 0.222. The molecule has 0 bridgehead atoms. The van der Waals surface area contributed by atoms with Crippen LogP contribution in [0.15, 0.2) is 28.7 Å². The molecule has 3 heteroatoms. The molecule has 1 N–H and O–H groups in total. The van der Waals surface area contributed by atoms with Crippen LogP contribution in [0.25, 0.3) is 0 Å². The lowest BCUT2D eigenvalue weighted by Crippen LogP contribution is -2.18. The lowest BCUT2D eigenvalue weighted by molar-refractivity contribution is -0.119. The average molecular weight is 228 g/mol. The molecule has 0 aromatic heterocycles. The van der Waals surface area contributed by atoms with E-state index in [9.17, 15) is 4.79 Å². The van der Waals surface area contributed by atoms with Crippen LogP contribution >= 0.6 is 15.9 Å². The van der Waals surface area contributed by atoms with Gasteiger partial charge in [0.05, 0.1) is 0 Å². The Hall–Kier alpha value is -0.830. The minimum absolute atomic E-state index is 0.00193. The number of carbonyl (C=O) groups excluding carboxylic acids is 1. The van der Waals surface area contributed by atoms with E-state index >= 15 is 0 Å². The van der Waals surface area contributed by atoms with E-state index in [0.29, 0.717) is 6.54 Å². The summed E-state index contributed by atoms with van der Waals surface area (Å²) in [6.07, 6.45) is 0. The summed E-state index contributed by atoms with van der Waals surface area (Å²) in [5, 5.41) is 2.73. The van der Waals surface area contributed by atoms with Gasteiger partial charge in [-0.05, 0) is 17.7 Å². The van der Waals surface area contributed by atoms with E-state index in [1.54, 1.807) is 0 Å². The Labute approximate surface area is 80.1 Å². The van der Waals surface area contributed by atoms with Crippen molar-refractivity contribution in [2.24, 2.45) is 0 Å². The molecule has 0 aliphatic carbocycles. The first-order valence-electron chi connectivity index (χ1n) is 3.67. The Bertz CT molecular complexity index is 268. The first-order valence-corrected chi connectivity index (χ1v) is 4.46. The minimum Gasteiger partial charge on any atom is -0.352 e. The number of rotatable bonds is 2. The molecule has 0 saturated heterocycles. The summed E-state index contributed by atoms with van der Waals surface area (Å²) < 4.78 is 1.05. The highest BCUT2D eigenvalue weighted by molar-refractivity contribution is 9.10. The smallest absolute Gasteiger partial charge is 0.217 e. The molecule has 0 aliphatic rings. The molecular formula is C9H10BrNO. The molecule has 64 valence electrons. The molecule has 0 heterocycles. The largest absolute Gasteiger partial charge is 0.352 e. The molecular weight excluding hydrogens is 218 g/mol. The highest BCUT2D eigenvalue weighted by Crippen LogP contribution is 2.09. The Morgan fingerprint density at radius 2 is 2.00 bits per heavy atom. The van der Waals surface area contributed by atoms with Gasteiger partial charge in [0.2, 0.25) is 5.91 Å². The molecule has 0 aliphatic heterocycles. The number of hydrogen-bond acceptors (Lipinski definition) is 1. The Balaban J connectivity index is 2.53. The van der Waals surface area contributed by atoms with Gasteiger partial charge in [-0.1, -0.05) is 28.1 Å². The molecule has 0 unspecified atom stereocenters. The highest BCUT2D eigenvalue weighted by Gasteiger charge is 1.93. The van der Waals surface area contributed by atoms with Crippen LogP contribution in [0.1, 0.15) is 12.5 Å². The topological polar surface area (TPSA) is 29.1 Å². The molecule has 2 nitrogen and oxygen atoms in total. The fourth-order valence-corrected chi connectivity index (χ4v) is 1.09. The molecule has 0 fully saturated rings. The molecule has 0 spiro atoms. The maximum atomic E-state index is 10.6. The van der Waals surface area contributed by atoms with Crippen LogP contribution in [0.2, 0.25) is 0 Å². The first kappa shape index (κ1) is 9.26. The van der Waals surface area contributed by atoms with Gasteiger partial charge >= 0.3 is 0 Å². The second kappa shape index (κ2) is 4.26. The highest BCUT2D eigenvalue weighted by atomic mass is 79.9. The molecule has 12 heavy (non-hydrogen) atoms. The number of nitrogens with one attached hydrogen (secondary N) is 1. The summed E-state index contributed by atoms with van der Waals surface area (Å²) >= 11 is 3.34. The van der Waals surface area contributed by atoms with Crippen molar-refractivity contribution in [2.45, 2.75) is 13.5 Å². The fourth-order valence-electron chi connectivity index (χ4n) is 0.829. The molecule has 1 amide bonds. The number of halogens is 1. The van der Waals surface area contributed by atoms with Crippen LogP contribution in [-0.4, -0.2) is 5.91 Å². The van der Waals surface area contributed by atoms with Crippen LogP contribution in [-0.2, 0) is 11.3 Å². The molecule has 0 radical (unpaired) electrons. The average Bonchev–Trinajstić information content (AvgIpc) is 2.03. The third kappa shape index (κ3) is 3.05. The van der Waals surface area contributed by atoms with E-state index in [1.807, 2.05) is 24.3 Å². The number of carbonyl (C=O) groups is 1. The van der Waals surface area contributed by atoms with E-state index in [-0.39, 0.29) is 5.91 Å². The summed E-state index contributed by atoms with van der Waals surface area (Å²) in [4.78, 5) is 10.6. The van der Waals surface area contributed by atoms with Gasteiger partial charge in [0.1, 0.15) is 0 Å². The van der Waals surface area contributed by atoms with Crippen molar-refractivity contribution in [3.05, 3.63) is 34.3 Å². The van der Waals surface area contributed by atoms with Crippen LogP contribution in [0, 0.1) is 0 Å². The summed E-state index contributed by atoms with van der Waals surface area (Å²) in [5.74, 6) is -0.00193.